The summed E-state index contributed by atoms with van der Waals surface area (Å²) in [5.41, 5.74) is 0. The third-order valence-electron chi connectivity index (χ3n) is 2.49. The molecule has 1 fully saturated rings. The molecule has 0 bridgehead atoms. The van der Waals surface area contributed by atoms with Crippen LogP contribution >= 0.6 is 11.3 Å². The average Bonchev–Trinajstić information content (AvgIpc) is 2.70. The van der Waals surface area contributed by atoms with Crippen LogP contribution in [0.15, 0.2) is 17.5 Å². The zero-order valence-electron chi connectivity index (χ0n) is 8.19. The lowest BCUT2D eigenvalue weighted by molar-refractivity contribution is 0.0661. The van der Waals surface area contributed by atoms with Crippen molar-refractivity contribution in [2.24, 2.45) is 0 Å². The van der Waals surface area contributed by atoms with Gasteiger partial charge in [-0.25, -0.2) is 0 Å². The number of carbonyl (C=O) groups excluding carboxylic acids is 1. The van der Waals surface area contributed by atoms with Crippen LogP contribution in [0.2, 0.25) is 0 Å². The van der Waals surface area contributed by atoms with Gasteiger partial charge in [0.25, 0.3) is 5.91 Å². The third-order valence-corrected chi connectivity index (χ3v) is 3.35. The van der Waals surface area contributed by atoms with Crippen molar-refractivity contribution in [1.29, 1.82) is 0 Å². The van der Waals surface area contributed by atoms with Crippen molar-refractivity contribution in [3.05, 3.63) is 22.4 Å². The number of piperazine rings is 1. The number of hydrogen-bond donors (Lipinski definition) is 1. The summed E-state index contributed by atoms with van der Waals surface area (Å²) >= 11 is 1.52. The summed E-state index contributed by atoms with van der Waals surface area (Å²) in [6.07, 6.45) is 0. The zero-order chi connectivity index (χ0) is 9.97. The van der Waals surface area contributed by atoms with E-state index in [2.05, 4.69) is 12.2 Å². The maximum absolute atomic E-state index is 12.0. The Hall–Kier alpha value is -0.870. The van der Waals surface area contributed by atoms with E-state index in [1.165, 1.54) is 11.3 Å². The normalized spacial score (nSPS) is 22.4. The van der Waals surface area contributed by atoms with Gasteiger partial charge in [-0.2, -0.15) is 0 Å². The highest BCUT2D eigenvalue weighted by Gasteiger charge is 2.24. The van der Waals surface area contributed by atoms with Gasteiger partial charge in [0.2, 0.25) is 0 Å². The first-order valence-electron chi connectivity index (χ1n) is 4.84. The molecule has 76 valence electrons. The van der Waals surface area contributed by atoms with E-state index in [1.807, 2.05) is 22.4 Å². The Morgan fingerprint density at radius 3 is 3.21 bits per heavy atom. The molecular weight excluding hydrogens is 196 g/mol. The highest BCUT2D eigenvalue weighted by atomic mass is 32.1. The third kappa shape index (κ3) is 1.81. The molecule has 14 heavy (non-hydrogen) atoms. The van der Waals surface area contributed by atoms with Crippen molar-refractivity contribution in [3.8, 4) is 0 Å². The molecule has 0 aliphatic carbocycles. The first-order chi connectivity index (χ1) is 6.79. The van der Waals surface area contributed by atoms with Crippen LogP contribution in [-0.2, 0) is 0 Å². The van der Waals surface area contributed by atoms with Crippen LogP contribution in [0.5, 0.6) is 0 Å². The van der Waals surface area contributed by atoms with Gasteiger partial charge >= 0.3 is 0 Å². The van der Waals surface area contributed by atoms with E-state index in [1.54, 1.807) is 0 Å². The van der Waals surface area contributed by atoms with Crippen molar-refractivity contribution < 1.29 is 4.79 Å². The van der Waals surface area contributed by atoms with Gasteiger partial charge in [0.15, 0.2) is 0 Å². The summed E-state index contributed by atoms with van der Waals surface area (Å²) in [4.78, 5) is 14.8. The Balaban J connectivity index is 2.10. The molecule has 1 atom stereocenters. The molecule has 2 heterocycles. The predicted molar refractivity (Wildman–Crippen MR) is 57.7 cm³/mol. The second-order valence-corrected chi connectivity index (χ2v) is 4.48. The van der Waals surface area contributed by atoms with Crippen molar-refractivity contribution in [2.45, 2.75) is 13.0 Å². The van der Waals surface area contributed by atoms with Crippen molar-refractivity contribution in [3.63, 3.8) is 0 Å². The molecule has 1 amide bonds. The second kappa shape index (κ2) is 4.11. The maximum atomic E-state index is 12.0. The molecule has 1 aliphatic rings. The summed E-state index contributed by atoms with van der Waals surface area (Å²) in [5, 5.41) is 5.22. The summed E-state index contributed by atoms with van der Waals surface area (Å²) in [7, 11) is 0. The molecule has 1 aromatic rings. The lowest BCUT2D eigenvalue weighted by Gasteiger charge is -2.33. The van der Waals surface area contributed by atoms with Gasteiger partial charge in [0.05, 0.1) is 4.88 Å². The summed E-state index contributed by atoms with van der Waals surface area (Å²) < 4.78 is 0. The fourth-order valence-electron chi connectivity index (χ4n) is 1.68. The predicted octanol–water partition coefficient (Wildman–Crippen LogP) is 1.18. The molecule has 0 aromatic carbocycles. The molecule has 1 saturated heterocycles. The van der Waals surface area contributed by atoms with Crippen LogP contribution in [-0.4, -0.2) is 36.5 Å². The highest BCUT2D eigenvalue weighted by molar-refractivity contribution is 7.12. The molecule has 4 heteroatoms. The molecule has 0 spiro atoms. The lowest BCUT2D eigenvalue weighted by Crippen LogP contribution is -2.52. The van der Waals surface area contributed by atoms with E-state index < -0.39 is 0 Å². The first-order valence-corrected chi connectivity index (χ1v) is 5.72. The SMILES string of the molecule is C[C@H]1CNCCN1C(=O)c1cccs1. The molecule has 0 unspecified atom stereocenters. The van der Waals surface area contributed by atoms with Gasteiger partial charge in [-0.05, 0) is 18.4 Å². The van der Waals surface area contributed by atoms with Crippen LogP contribution in [0.3, 0.4) is 0 Å². The van der Waals surface area contributed by atoms with Gasteiger partial charge in [-0.3, -0.25) is 4.79 Å². The average molecular weight is 210 g/mol. The number of nitrogens with zero attached hydrogens (tertiary/aromatic N) is 1. The minimum absolute atomic E-state index is 0.175. The molecule has 3 nitrogen and oxygen atoms in total. The molecular formula is C10H14N2OS. The van der Waals surface area contributed by atoms with E-state index in [-0.39, 0.29) is 5.91 Å². The van der Waals surface area contributed by atoms with Gasteiger partial charge in [0, 0.05) is 25.7 Å². The highest BCUT2D eigenvalue weighted by Crippen LogP contribution is 2.14. The standard InChI is InChI=1S/C10H14N2OS/c1-8-7-11-4-5-12(8)10(13)9-3-2-6-14-9/h2-3,6,8,11H,4-5,7H2,1H3/t8-/m0/s1. The number of hydrogen-bond acceptors (Lipinski definition) is 3. The number of thiophene rings is 1. The minimum Gasteiger partial charge on any atom is -0.333 e. The number of carbonyl (C=O) groups is 1. The zero-order valence-corrected chi connectivity index (χ0v) is 9.01. The molecule has 2 rings (SSSR count). The molecule has 1 N–H and O–H groups in total. The van der Waals surface area contributed by atoms with Gasteiger partial charge in [-0.1, -0.05) is 6.07 Å². The fourth-order valence-corrected chi connectivity index (χ4v) is 2.36. The van der Waals surface area contributed by atoms with Crippen LogP contribution < -0.4 is 5.32 Å². The van der Waals surface area contributed by atoms with Crippen molar-refractivity contribution in [1.82, 2.24) is 10.2 Å². The molecule has 1 aliphatic heterocycles. The minimum atomic E-state index is 0.175. The number of amides is 1. The van der Waals surface area contributed by atoms with E-state index >= 15 is 0 Å². The summed E-state index contributed by atoms with van der Waals surface area (Å²) in [6, 6.07) is 4.12. The van der Waals surface area contributed by atoms with Crippen LogP contribution in [0.4, 0.5) is 0 Å². The first kappa shape index (κ1) is 9.68. The lowest BCUT2D eigenvalue weighted by atomic mass is 10.2. The fraction of sp³-hybridized carbons (Fsp3) is 0.500. The Kier molecular flexibility index (Phi) is 2.84. The Morgan fingerprint density at radius 1 is 1.71 bits per heavy atom. The smallest absolute Gasteiger partial charge is 0.264 e. The van der Waals surface area contributed by atoms with Gasteiger partial charge in [-0.15, -0.1) is 11.3 Å². The Morgan fingerprint density at radius 2 is 2.57 bits per heavy atom. The Labute approximate surface area is 87.7 Å². The maximum Gasteiger partial charge on any atom is 0.264 e. The monoisotopic (exact) mass is 210 g/mol. The topological polar surface area (TPSA) is 32.3 Å². The number of rotatable bonds is 1. The second-order valence-electron chi connectivity index (χ2n) is 3.53. The number of nitrogens with one attached hydrogen (secondary N) is 1. The van der Waals surface area contributed by atoms with Crippen molar-refractivity contribution >= 4 is 17.2 Å². The van der Waals surface area contributed by atoms with E-state index in [0.717, 1.165) is 24.5 Å². The quantitative estimate of drug-likeness (QED) is 0.755. The summed E-state index contributed by atoms with van der Waals surface area (Å²) in [5.74, 6) is 0.175. The van der Waals surface area contributed by atoms with Crippen molar-refractivity contribution in [2.75, 3.05) is 19.6 Å². The molecule has 0 saturated carbocycles. The van der Waals surface area contributed by atoms with Crippen LogP contribution in [0, 0.1) is 0 Å². The van der Waals surface area contributed by atoms with E-state index in [0.29, 0.717) is 6.04 Å². The van der Waals surface area contributed by atoms with E-state index in [4.69, 9.17) is 0 Å². The van der Waals surface area contributed by atoms with Crippen LogP contribution in [0.25, 0.3) is 0 Å². The summed E-state index contributed by atoms with van der Waals surface area (Å²) in [6.45, 7) is 4.70. The Bertz CT molecular complexity index is 310. The van der Waals surface area contributed by atoms with Gasteiger partial charge < -0.3 is 10.2 Å². The largest absolute Gasteiger partial charge is 0.333 e. The van der Waals surface area contributed by atoms with E-state index in [9.17, 15) is 4.79 Å². The molecule has 1 aromatic heterocycles. The molecule has 0 radical (unpaired) electrons. The van der Waals surface area contributed by atoms with Gasteiger partial charge in [0.1, 0.15) is 0 Å². The van der Waals surface area contributed by atoms with Crippen LogP contribution in [0.1, 0.15) is 16.6 Å².